The van der Waals surface area contributed by atoms with Crippen LogP contribution in [-0.2, 0) is 22.8 Å². The van der Waals surface area contributed by atoms with E-state index in [0.29, 0.717) is 5.75 Å². The molecule has 0 spiro atoms. The van der Waals surface area contributed by atoms with Crippen LogP contribution < -0.4 is 0 Å². The maximum Gasteiger partial charge on any atom is 0.500 e. The van der Waals surface area contributed by atoms with Gasteiger partial charge in [-0.2, -0.15) is 11.8 Å². The van der Waals surface area contributed by atoms with Crippen LogP contribution >= 0.6 is 11.8 Å². The Bertz CT molecular complexity index is 255. The van der Waals surface area contributed by atoms with Gasteiger partial charge in [-0.15, -0.1) is 0 Å². The van der Waals surface area contributed by atoms with Gasteiger partial charge in [-0.05, 0) is 32.9 Å². The molecule has 0 fully saturated rings. The van der Waals surface area contributed by atoms with E-state index < -0.39 is 14.4 Å². The van der Waals surface area contributed by atoms with Gasteiger partial charge in [-0.25, -0.2) is 0 Å². The zero-order valence-corrected chi connectivity index (χ0v) is 14.6. The van der Waals surface area contributed by atoms with Gasteiger partial charge >= 0.3 is 14.8 Å². The van der Waals surface area contributed by atoms with Crippen molar-refractivity contribution in [3.63, 3.8) is 0 Å². The number of ether oxygens (including phenoxy) is 1. The number of hydrogen-bond donors (Lipinski definition) is 0. The second kappa shape index (κ2) is 8.96. The number of carbonyl (C=O) groups is 1. The Morgan fingerprint density at radius 2 is 1.63 bits per heavy atom. The third kappa shape index (κ3) is 8.64. The molecule has 5 nitrogen and oxygen atoms in total. The molecular formula is C12H26O5SSi. The average Bonchev–Trinajstić information content (AvgIpc) is 2.32. The normalized spacial score (nSPS) is 12.5. The van der Waals surface area contributed by atoms with Crippen molar-refractivity contribution >= 4 is 26.5 Å². The summed E-state index contributed by atoms with van der Waals surface area (Å²) in [5.74, 6) is 1.05. The van der Waals surface area contributed by atoms with Crippen molar-refractivity contribution in [2.24, 2.45) is 0 Å². The van der Waals surface area contributed by atoms with Crippen molar-refractivity contribution in [2.75, 3.05) is 32.8 Å². The van der Waals surface area contributed by atoms with Gasteiger partial charge < -0.3 is 18.0 Å². The van der Waals surface area contributed by atoms with Crippen molar-refractivity contribution in [2.45, 2.75) is 38.8 Å². The summed E-state index contributed by atoms with van der Waals surface area (Å²) >= 11 is 1.56. The summed E-state index contributed by atoms with van der Waals surface area (Å²) in [6, 6.07) is 0.748. The second-order valence-electron chi connectivity index (χ2n) is 5.04. The molecular weight excluding hydrogens is 284 g/mol. The van der Waals surface area contributed by atoms with Crippen molar-refractivity contribution in [3.05, 3.63) is 0 Å². The van der Waals surface area contributed by atoms with Gasteiger partial charge in [0.2, 0.25) is 0 Å². The van der Waals surface area contributed by atoms with Gasteiger partial charge in [0.15, 0.2) is 0 Å². The molecule has 0 amide bonds. The first-order chi connectivity index (χ1) is 8.78. The molecule has 114 valence electrons. The van der Waals surface area contributed by atoms with Crippen LogP contribution in [0.1, 0.15) is 27.2 Å². The molecule has 0 aromatic carbocycles. The lowest BCUT2D eigenvalue weighted by Gasteiger charge is -2.24. The van der Waals surface area contributed by atoms with Gasteiger partial charge in [-0.1, -0.05) is 0 Å². The molecule has 0 saturated heterocycles. The quantitative estimate of drug-likeness (QED) is 0.370. The average molecular weight is 310 g/mol. The van der Waals surface area contributed by atoms with E-state index in [1.54, 1.807) is 33.1 Å². The van der Waals surface area contributed by atoms with Crippen LogP contribution in [0.5, 0.6) is 0 Å². The lowest BCUT2D eigenvalue weighted by Crippen LogP contribution is -2.42. The molecule has 19 heavy (non-hydrogen) atoms. The fourth-order valence-corrected chi connectivity index (χ4v) is 4.17. The van der Waals surface area contributed by atoms with Crippen LogP contribution in [0.25, 0.3) is 0 Å². The first-order valence-corrected chi connectivity index (χ1v) is 9.32. The lowest BCUT2D eigenvalue weighted by molar-refractivity contribution is -0.151. The van der Waals surface area contributed by atoms with E-state index in [9.17, 15) is 4.79 Å². The van der Waals surface area contributed by atoms with Crippen LogP contribution in [0, 0.1) is 0 Å². The third-order valence-electron chi connectivity index (χ3n) is 2.34. The van der Waals surface area contributed by atoms with E-state index in [2.05, 4.69) is 0 Å². The van der Waals surface area contributed by atoms with Gasteiger partial charge in [0.05, 0.1) is 5.75 Å². The minimum atomic E-state index is -2.46. The minimum Gasteiger partial charge on any atom is -0.459 e. The molecule has 0 aromatic rings. The number of carbonyl (C=O) groups excluding carboxylic acids is 1. The molecule has 0 atom stereocenters. The molecule has 0 radical (unpaired) electrons. The lowest BCUT2D eigenvalue weighted by atomic mass is 10.2. The number of thioether (sulfide) groups is 1. The SMILES string of the molecule is CO[Si](CCCSCC(=O)OC(C)(C)C)(OC)OC. The molecule has 0 N–H and O–H groups in total. The van der Waals surface area contributed by atoms with Crippen LogP contribution in [0.3, 0.4) is 0 Å². The smallest absolute Gasteiger partial charge is 0.459 e. The number of rotatable bonds is 9. The van der Waals surface area contributed by atoms with Gasteiger partial charge in [0.1, 0.15) is 5.60 Å². The van der Waals surface area contributed by atoms with Crippen LogP contribution in [-0.4, -0.2) is 53.2 Å². The molecule has 0 heterocycles. The minimum absolute atomic E-state index is 0.175. The van der Waals surface area contributed by atoms with E-state index in [0.717, 1.165) is 18.2 Å². The molecule has 0 rings (SSSR count). The van der Waals surface area contributed by atoms with E-state index in [1.807, 2.05) is 20.8 Å². The fraction of sp³-hybridized carbons (Fsp3) is 0.917. The Morgan fingerprint density at radius 3 is 2.05 bits per heavy atom. The van der Waals surface area contributed by atoms with Crippen LogP contribution in [0.15, 0.2) is 0 Å². The van der Waals surface area contributed by atoms with Crippen molar-refractivity contribution in [3.8, 4) is 0 Å². The molecule has 0 aliphatic heterocycles. The second-order valence-corrected chi connectivity index (χ2v) is 9.23. The third-order valence-corrected chi connectivity index (χ3v) is 6.19. The Morgan fingerprint density at radius 1 is 1.11 bits per heavy atom. The van der Waals surface area contributed by atoms with E-state index in [-0.39, 0.29) is 5.97 Å². The molecule has 0 saturated carbocycles. The fourth-order valence-electron chi connectivity index (χ4n) is 1.47. The maximum atomic E-state index is 11.5. The van der Waals surface area contributed by atoms with E-state index in [1.165, 1.54) is 0 Å². The Balaban J connectivity index is 3.79. The van der Waals surface area contributed by atoms with Crippen molar-refractivity contribution in [1.82, 2.24) is 0 Å². The molecule has 0 aliphatic rings. The first kappa shape index (κ1) is 18.9. The highest BCUT2D eigenvalue weighted by Gasteiger charge is 2.36. The van der Waals surface area contributed by atoms with Gasteiger partial charge in [-0.3, -0.25) is 4.79 Å². The van der Waals surface area contributed by atoms with Gasteiger partial charge in [0, 0.05) is 27.4 Å². The van der Waals surface area contributed by atoms with Crippen LogP contribution in [0.2, 0.25) is 6.04 Å². The summed E-state index contributed by atoms with van der Waals surface area (Å²) < 4.78 is 21.2. The first-order valence-electron chi connectivity index (χ1n) is 6.23. The Kier molecular flexibility index (Phi) is 8.92. The van der Waals surface area contributed by atoms with Crippen molar-refractivity contribution < 1.29 is 22.8 Å². The monoisotopic (exact) mass is 310 g/mol. The number of esters is 1. The summed E-state index contributed by atoms with van der Waals surface area (Å²) in [5, 5.41) is 0. The summed E-state index contributed by atoms with van der Waals surface area (Å²) in [5.41, 5.74) is -0.415. The summed E-state index contributed by atoms with van der Waals surface area (Å²) in [4.78, 5) is 11.5. The molecule has 7 heteroatoms. The largest absolute Gasteiger partial charge is 0.500 e. The Hall–Kier alpha value is -0.0831. The van der Waals surface area contributed by atoms with E-state index >= 15 is 0 Å². The summed E-state index contributed by atoms with van der Waals surface area (Å²) in [7, 11) is 2.35. The molecule has 0 bridgehead atoms. The standard InChI is InChI=1S/C12H26O5SSi/c1-12(2,3)17-11(13)10-18-8-7-9-19(14-4,15-5)16-6/h7-10H2,1-6H3. The topological polar surface area (TPSA) is 54.0 Å². The van der Waals surface area contributed by atoms with Crippen molar-refractivity contribution in [1.29, 1.82) is 0 Å². The predicted molar refractivity (Wildman–Crippen MR) is 79.4 cm³/mol. The zero-order valence-electron chi connectivity index (χ0n) is 12.8. The maximum absolute atomic E-state index is 11.5. The predicted octanol–water partition coefficient (Wildman–Crippen LogP) is 2.33. The Labute approximate surface area is 121 Å². The highest BCUT2D eigenvalue weighted by Crippen LogP contribution is 2.17. The van der Waals surface area contributed by atoms with Gasteiger partial charge in [0.25, 0.3) is 0 Å². The molecule has 0 aromatic heterocycles. The van der Waals surface area contributed by atoms with Crippen LogP contribution in [0.4, 0.5) is 0 Å². The van der Waals surface area contributed by atoms with E-state index in [4.69, 9.17) is 18.0 Å². The zero-order chi connectivity index (χ0) is 14.9. The highest BCUT2D eigenvalue weighted by molar-refractivity contribution is 7.99. The number of hydrogen-bond acceptors (Lipinski definition) is 6. The summed E-state index contributed by atoms with van der Waals surface area (Å²) in [6.07, 6.45) is 0.884. The summed E-state index contributed by atoms with van der Waals surface area (Å²) in [6.45, 7) is 5.60. The highest BCUT2D eigenvalue weighted by atomic mass is 32.2. The molecule has 0 aliphatic carbocycles. The molecule has 0 unspecified atom stereocenters.